The summed E-state index contributed by atoms with van der Waals surface area (Å²) < 4.78 is 19.6. The van der Waals surface area contributed by atoms with Gasteiger partial charge in [-0.3, -0.25) is 14.5 Å². The highest BCUT2D eigenvalue weighted by atomic mass is 79.9. The second-order valence-corrected chi connectivity index (χ2v) is 7.08. The summed E-state index contributed by atoms with van der Waals surface area (Å²) >= 11 is 3.32. The molecule has 1 aliphatic heterocycles. The molecule has 1 saturated heterocycles. The van der Waals surface area contributed by atoms with E-state index in [0.717, 1.165) is 4.47 Å². The average Bonchev–Trinajstić information content (AvgIpc) is 3.30. The van der Waals surface area contributed by atoms with Crippen molar-refractivity contribution in [3.8, 4) is 0 Å². The highest BCUT2D eigenvalue weighted by Crippen LogP contribution is 2.42. The molecule has 0 spiro atoms. The van der Waals surface area contributed by atoms with Gasteiger partial charge in [0.2, 0.25) is 0 Å². The molecular formula is C21H13BrFNO4. The zero-order valence-corrected chi connectivity index (χ0v) is 15.9. The van der Waals surface area contributed by atoms with Gasteiger partial charge in [-0.25, -0.2) is 4.39 Å². The fourth-order valence-electron chi connectivity index (χ4n) is 3.18. The number of aliphatic hydroxyl groups excluding tert-OH is 1. The topological polar surface area (TPSA) is 70.8 Å². The van der Waals surface area contributed by atoms with E-state index in [1.165, 1.54) is 35.4 Å². The highest BCUT2D eigenvalue weighted by Gasteiger charge is 2.48. The summed E-state index contributed by atoms with van der Waals surface area (Å²) in [6.45, 7) is 0. The summed E-state index contributed by atoms with van der Waals surface area (Å²) in [5.74, 6) is -2.14. The number of benzene rings is 2. The van der Waals surface area contributed by atoms with Crippen LogP contribution in [0.5, 0.6) is 0 Å². The van der Waals surface area contributed by atoms with Gasteiger partial charge in [0, 0.05) is 15.7 Å². The number of Topliss-reactive ketones (excluding diaryl/α,β-unsaturated/α-hetero) is 1. The second-order valence-electron chi connectivity index (χ2n) is 6.17. The van der Waals surface area contributed by atoms with Crippen molar-refractivity contribution in [1.29, 1.82) is 0 Å². The van der Waals surface area contributed by atoms with Crippen molar-refractivity contribution in [2.24, 2.45) is 0 Å². The zero-order chi connectivity index (χ0) is 19.8. The Kier molecular flexibility index (Phi) is 4.60. The van der Waals surface area contributed by atoms with Gasteiger partial charge in [0.25, 0.3) is 11.7 Å². The van der Waals surface area contributed by atoms with Gasteiger partial charge in [-0.1, -0.05) is 28.1 Å². The first-order valence-electron chi connectivity index (χ1n) is 8.33. The molecule has 1 N–H and O–H groups in total. The lowest BCUT2D eigenvalue weighted by Gasteiger charge is -2.23. The van der Waals surface area contributed by atoms with E-state index in [1.54, 1.807) is 36.4 Å². The Morgan fingerprint density at radius 1 is 1.04 bits per heavy atom. The summed E-state index contributed by atoms with van der Waals surface area (Å²) in [7, 11) is 0. The third-order valence-electron chi connectivity index (χ3n) is 4.48. The predicted molar refractivity (Wildman–Crippen MR) is 104 cm³/mol. The van der Waals surface area contributed by atoms with Crippen molar-refractivity contribution in [3.05, 3.63) is 94.1 Å². The first kappa shape index (κ1) is 18.2. The number of furan rings is 1. The molecule has 28 heavy (non-hydrogen) atoms. The molecule has 0 bridgehead atoms. The first-order chi connectivity index (χ1) is 13.5. The molecular weight excluding hydrogens is 429 g/mol. The molecule has 5 nitrogen and oxygen atoms in total. The third kappa shape index (κ3) is 3.03. The number of hydrogen-bond acceptors (Lipinski definition) is 4. The van der Waals surface area contributed by atoms with Crippen molar-refractivity contribution >= 4 is 39.1 Å². The standard InChI is InChI=1S/C21H13BrFNO4/c22-13-5-3-12(4-6-13)19(25)17-18(16-2-1-11-28-16)24(21(27)20(17)26)15-9-7-14(23)8-10-15/h1-11,18,25H/b19-17-. The number of amides is 1. The number of rotatable bonds is 3. The van der Waals surface area contributed by atoms with Crippen LogP contribution in [0.1, 0.15) is 17.4 Å². The number of carbonyl (C=O) groups is 2. The maximum absolute atomic E-state index is 13.3. The molecule has 0 saturated carbocycles. The van der Waals surface area contributed by atoms with Crippen LogP contribution in [0, 0.1) is 5.82 Å². The smallest absolute Gasteiger partial charge is 0.300 e. The normalized spacial score (nSPS) is 18.6. The van der Waals surface area contributed by atoms with E-state index in [4.69, 9.17) is 4.42 Å². The summed E-state index contributed by atoms with van der Waals surface area (Å²) in [5, 5.41) is 10.8. The molecule has 7 heteroatoms. The molecule has 1 amide bonds. The van der Waals surface area contributed by atoms with Crippen LogP contribution in [0.2, 0.25) is 0 Å². The lowest BCUT2D eigenvalue weighted by atomic mass is 9.99. The number of nitrogens with zero attached hydrogens (tertiary/aromatic N) is 1. The quantitative estimate of drug-likeness (QED) is 0.359. The largest absolute Gasteiger partial charge is 0.507 e. The number of ketones is 1. The Morgan fingerprint density at radius 2 is 1.71 bits per heavy atom. The number of carbonyl (C=O) groups excluding carboxylic acids is 2. The van der Waals surface area contributed by atoms with Gasteiger partial charge in [-0.15, -0.1) is 0 Å². The molecule has 1 aliphatic rings. The summed E-state index contributed by atoms with van der Waals surface area (Å²) in [5.41, 5.74) is 0.614. The van der Waals surface area contributed by atoms with Crippen LogP contribution in [0.4, 0.5) is 10.1 Å². The minimum Gasteiger partial charge on any atom is -0.507 e. The van der Waals surface area contributed by atoms with Crippen LogP contribution in [0.15, 0.2) is 81.4 Å². The van der Waals surface area contributed by atoms with Gasteiger partial charge < -0.3 is 9.52 Å². The zero-order valence-electron chi connectivity index (χ0n) is 14.3. The van der Waals surface area contributed by atoms with E-state index in [1.807, 2.05) is 0 Å². The van der Waals surface area contributed by atoms with Gasteiger partial charge in [-0.05, 0) is 48.5 Å². The van der Waals surface area contributed by atoms with Crippen LogP contribution in [0.25, 0.3) is 5.76 Å². The van der Waals surface area contributed by atoms with E-state index in [-0.39, 0.29) is 11.3 Å². The van der Waals surface area contributed by atoms with Gasteiger partial charge in [0.05, 0.1) is 11.8 Å². The second kappa shape index (κ2) is 7.09. The van der Waals surface area contributed by atoms with Crippen molar-refractivity contribution in [1.82, 2.24) is 0 Å². The summed E-state index contributed by atoms with van der Waals surface area (Å²) in [6, 6.07) is 14.1. The number of anilines is 1. The van der Waals surface area contributed by atoms with Crippen LogP contribution in [-0.2, 0) is 9.59 Å². The lowest BCUT2D eigenvalue weighted by Crippen LogP contribution is -2.29. The third-order valence-corrected chi connectivity index (χ3v) is 5.01. The van der Waals surface area contributed by atoms with E-state index in [0.29, 0.717) is 17.0 Å². The SMILES string of the molecule is O=C1C(=O)N(c2ccc(F)cc2)C(c2ccco2)/C1=C(/O)c1ccc(Br)cc1. The number of halogens is 2. The molecule has 3 aromatic rings. The van der Waals surface area contributed by atoms with Crippen LogP contribution >= 0.6 is 15.9 Å². The first-order valence-corrected chi connectivity index (χ1v) is 9.12. The van der Waals surface area contributed by atoms with E-state index in [9.17, 15) is 19.1 Å². The Hall–Kier alpha value is -3.19. The summed E-state index contributed by atoms with van der Waals surface area (Å²) in [6.07, 6.45) is 1.42. The molecule has 1 unspecified atom stereocenters. The van der Waals surface area contributed by atoms with Gasteiger partial charge in [-0.2, -0.15) is 0 Å². The number of aliphatic hydroxyl groups is 1. The molecule has 0 radical (unpaired) electrons. The Bertz CT molecular complexity index is 1070. The Labute approximate surface area is 167 Å². The van der Waals surface area contributed by atoms with Crippen molar-refractivity contribution in [2.45, 2.75) is 6.04 Å². The maximum atomic E-state index is 13.3. The van der Waals surface area contributed by atoms with Crippen molar-refractivity contribution in [2.75, 3.05) is 4.90 Å². The predicted octanol–water partition coefficient (Wildman–Crippen LogP) is 4.81. The van der Waals surface area contributed by atoms with E-state index >= 15 is 0 Å². The Morgan fingerprint density at radius 3 is 2.32 bits per heavy atom. The van der Waals surface area contributed by atoms with Gasteiger partial charge in [0.1, 0.15) is 23.4 Å². The molecule has 4 rings (SSSR count). The minimum absolute atomic E-state index is 0.0911. The molecule has 140 valence electrons. The van der Waals surface area contributed by atoms with Crippen LogP contribution in [0.3, 0.4) is 0 Å². The summed E-state index contributed by atoms with van der Waals surface area (Å²) in [4.78, 5) is 26.8. The van der Waals surface area contributed by atoms with Crippen LogP contribution in [-0.4, -0.2) is 16.8 Å². The highest BCUT2D eigenvalue weighted by molar-refractivity contribution is 9.10. The van der Waals surface area contributed by atoms with E-state index in [2.05, 4.69) is 15.9 Å². The molecule has 2 aromatic carbocycles. The molecule has 0 aliphatic carbocycles. The van der Waals surface area contributed by atoms with Gasteiger partial charge >= 0.3 is 0 Å². The van der Waals surface area contributed by atoms with Gasteiger partial charge in [0.15, 0.2) is 0 Å². The lowest BCUT2D eigenvalue weighted by molar-refractivity contribution is -0.132. The van der Waals surface area contributed by atoms with E-state index < -0.39 is 23.5 Å². The minimum atomic E-state index is -0.968. The molecule has 2 heterocycles. The molecule has 1 fully saturated rings. The van der Waals surface area contributed by atoms with Crippen molar-refractivity contribution < 1.29 is 23.5 Å². The fraction of sp³-hybridized carbons (Fsp3) is 0.0476. The fourth-order valence-corrected chi connectivity index (χ4v) is 3.44. The van der Waals surface area contributed by atoms with Crippen LogP contribution < -0.4 is 4.90 Å². The average molecular weight is 442 g/mol. The molecule has 1 aromatic heterocycles. The monoisotopic (exact) mass is 441 g/mol. The maximum Gasteiger partial charge on any atom is 0.300 e. The molecule has 1 atom stereocenters. The Balaban J connectivity index is 1.91. The van der Waals surface area contributed by atoms with Crippen molar-refractivity contribution in [3.63, 3.8) is 0 Å². The number of hydrogen-bond donors (Lipinski definition) is 1.